The van der Waals surface area contributed by atoms with E-state index >= 15 is 0 Å². The third kappa shape index (κ3) is 4.76. The fourth-order valence-corrected chi connectivity index (χ4v) is 4.74. The Labute approximate surface area is 160 Å². The molecule has 2 atom stereocenters. The molecule has 0 saturated carbocycles. The standard InChI is InChI=1S/C19H27N3O4S/c1-15(2)11-21(13-19(23)16-6-4-3-5-7-16)27(24,25)18-10-20-22(12-18)17-8-9-26-14-17/h3-7,10,12,15,17,19,23H,8-9,11,13-14H2,1-2H3. The summed E-state index contributed by atoms with van der Waals surface area (Å²) in [6, 6.07) is 9.18. The third-order valence-corrected chi connectivity index (χ3v) is 6.41. The number of ether oxygens (including phenoxy) is 1. The van der Waals surface area contributed by atoms with Gasteiger partial charge in [-0.15, -0.1) is 0 Å². The van der Waals surface area contributed by atoms with E-state index in [2.05, 4.69) is 5.10 Å². The summed E-state index contributed by atoms with van der Waals surface area (Å²) < 4.78 is 34.8. The Balaban J connectivity index is 1.82. The number of hydrogen-bond donors (Lipinski definition) is 1. The first-order chi connectivity index (χ1) is 12.9. The second-order valence-electron chi connectivity index (χ2n) is 7.32. The summed E-state index contributed by atoms with van der Waals surface area (Å²) in [6.07, 6.45) is 2.88. The molecule has 2 aromatic rings. The molecule has 2 heterocycles. The SMILES string of the molecule is CC(C)CN(CC(O)c1ccccc1)S(=O)(=O)c1cnn(C2CCOC2)c1. The summed E-state index contributed by atoms with van der Waals surface area (Å²) >= 11 is 0. The molecule has 148 valence electrons. The van der Waals surface area contributed by atoms with E-state index in [1.807, 2.05) is 32.0 Å². The molecule has 27 heavy (non-hydrogen) atoms. The predicted molar refractivity (Wildman–Crippen MR) is 102 cm³/mol. The molecule has 1 aliphatic heterocycles. The number of rotatable bonds is 8. The van der Waals surface area contributed by atoms with E-state index in [-0.39, 0.29) is 23.4 Å². The molecule has 1 aromatic carbocycles. The van der Waals surface area contributed by atoms with Crippen molar-refractivity contribution >= 4 is 10.0 Å². The number of aliphatic hydroxyl groups excluding tert-OH is 1. The Morgan fingerprint density at radius 1 is 1.30 bits per heavy atom. The first-order valence-electron chi connectivity index (χ1n) is 9.23. The zero-order valence-electron chi connectivity index (χ0n) is 15.7. The summed E-state index contributed by atoms with van der Waals surface area (Å²) in [5.74, 6) is 0.126. The number of aliphatic hydroxyl groups is 1. The lowest BCUT2D eigenvalue weighted by Gasteiger charge is -2.26. The van der Waals surface area contributed by atoms with Crippen molar-refractivity contribution in [3.05, 3.63) is 48.3 Å². The van der Waals surface area contributed by atoms with Crippen LogP contribution in [-0.2, 0) is 14.8 Å². The zero-order valence-corrected chi connectivity index (χ0v) is 16.5. The van der Waals surface area contributed by atoms with Gasteiger partial charge in [-0.05, 0) is 17.9 Å². The number of aromatic nitrogens is 2. The Bertz CT molecular complexity index is 830. The van der Waals surface area contributed by atoms with Crippen molar-refractivity contribution in [3.8, 4) is 0 Å². The summed E-state index contributed by atoms with van der Waals surface area (Å²) in [5, 5.41) is 14.8. The smallest absolute Gasteiger partial charge is 0.246 e. The highest BCUT2D eigenvalue weighted by Gasteiger charge is 2.30. The van der Waals surface area contributed by atoms with Crippen LogP contribution in [-0.4, -0.2) is 53.9 Å². The van der Waals surface area contributed by atoms with Crippen LogP contribution >= 0.6 is 0 Å². The summed E-state index contributed by atoms with van der Waals surface area (Å²) in [5.41, 5.74) is 0.695. The topological polar surface area (TPSA) is 84.7 Å². The van der Waals surface area contributed by atoms with Crippen LogP contribution in [0.2, 0.25) is 0 Å². The number of sulfonamides is 1. The predicted octanol–water partition coefficient (Wildman–Crippen LogP) is 2.22. The Morgan fingerprint density at radius 3 is 2.67 bits per heavy atom. The summed E-state index contributed by atoms with van der Waals surface area (Å²) in [4.78, 5) is 0.148. The molecule has 1 fully saturated rings. The second kappa shape index (κ2) is 8.52. The van der Waals surface area contributed by atoms with Crippen molar-refractivity contribution in [1.82, 2.24) is 14.1 Å². The first kappa shape index (κ1) is 20.0. The van der Waals surface area contributed by atoms with Gasteiger partial charge in [-0.3, -0.25) is 4.68 Å². The average Bonchev–Trinajstić information content (AvgIpc) is 3.33. The number of nitrogens with zero attached hydrogens (tertiary/aromatic N) is 3. The molecular weight excluding hydrogens is 366 g/mol. The molecule has 8 heteroatoms. The minimum Gasteiger partial charge on any atom is -0.387 e. The molecule has 2 unspecified atom stereocenters. The van der Waals surface area contributed by atoms with Crippen molar-refractivity contribution in [3.63, 3.8) is 0 Å². The van der Waals surface area contributed by atoms with Crippen molar-refractivity contribution in [2.75, 3.05) is 26.3 Å². The van der Waals surface area contributed by atoms with Crippen LogP contribution in [0.4, 0.5) is 0 Å². The molecule has 1 aliphatic rings. The van der Waals surface area contributed by atoms with Crippen LogP contribution in [0.1, 0.15) is 38.0 Å². The van der Waals surface area contributed by atoms with E-state index in [1.54, 1.807) is 23.0 Å². The van der Waals surface area contributed by atoms with Gasteiger partial charge in [-0.25, -0.2) is 8.42 Å². The van der Waals surface area contributed by atoms with Gasteiger partial charge in [-0.2, -0.15) is 9.40 Å². The normalized spacial score (nSPS) is 19.1. The lowest BCUT2D eigenvalue weighted by molar-refractivity contribution is 0.143. The number of benzene rings is 1. The minimum absolute atomic E-state index is 0.00223. The second-order valence-corrected chi connectivity index (χ2v) is 9.25. The van der Waals surface area contributed by atoms with Crippen LogP contribution in [0.15, 0.2) is 47.6 Å². The van der Waals surface area contributed by atoms with Crippen molar-refractivity contribution in [2.24, 2.45) is 5.92 Å². The maximum absolute atomic E-state index is 13.2. The van der Waals surface area contributed by atoms with Gasteiger partial charge in [0.05, 0.1) is 24.9 Å². The quantitative estimate of drug-likeness (QED) is 0.743. The molecule has 1 saturated heterocycles. The minimum atomic E-state index is -3.76. The fourth-order valence-electron chi connectivity index (χ4n) is 3.18. The maximum Gasteiger partial charge on any atom is 0.246 e. The molecule has 0 bridgehead atoms. The zero-order chi connectivity index (χ0) is 19.4. The monoisotopic (exact) mass is 393 g/mol. The highest BCUT2D eigenvalue weighted by molar-refractivity contribution is 7.89. The summed E-state index contributed by atoms with van der Waals surface area (Å²) in [7, 11) is -3.76. The highest BCUT2D eigenvalue weighted by Crippen LogP contribution is 2.24. The molecule has 3 rings (SSSR count). The van der Waals surface area contributed by atoms with Gasteiger partial charge in [0, 0.05) is 25.9 Å². The van der Waals surface area contributed by atoms with E-state index < -0.39 is 16.1 Å². The van der Waals surface area contributed by atoms with E-state index in [4.69, 9.17) is 4.74 Å². The average molecular weight is 394 g/mol. The van der Waals surface area contributed by atoms with Gasteiger partial charge in [0.2, 0.25) is 10.0 Å². The molecule has 1 N–H and O–H groups in total. The van der Waals surface area contributed by atoms with Gasteiger partial charge in [0.25, 0.3) is 0 Å². The summed E-state index contributed by atoms with van der Waals surface area (Å²) in [6.45, 7) is 5.44. The van der Waals surface area contributed by atoms with Gasteiger partial charge in [0.15, 0.2) is 0 Å². The van der Waals surface area contributed by atoms with E-state index in [9.17, 15) is 13.5 Å². The van der Waals surface area contributed by atoms with Crippen LogP contribution < -0.4 is 0 Å². The van der Waals surface area contributed by atoms with Crippen LogP contribution in [0, 0.1) is 5.92 Å². The lowest BCUT2D eigenvalue weighted by atomic mass is 10.1. The third-order valence-electron chi connectivity index (χ3n) is 4.63. The van der Waals surface area contributed by atoms with Crippen LogP contribution in [0.5, 0.6) is 0 Å². The molecule has 0 spiro atoms. The largest absolute Gasteiger partial charge is 0.387 e. The Morgan fingerprint density at radius 2 is 2.04 bits per heavy atom. The van der Waals surface area contributed by atoms with Crippen molar-refractivity contribution in [2.45, 2.75) is 37.3 Å². The first-order valence-corrected chi connectivity index (χ1v) is 10.7. The molecule has 0 amide bonds. The van der Waals surface area contributed by atoms with Crippen molar-refractivity contribution in [1.29, 1.82) is 0 Å². The van der Waals surface area contributed by atoms with E-state index in [0.717, 1.165) is 6.42 Å². The Kier molecular flexibility index (Phi) is 6.31. The van der Waals surface area contributed by atoms with Gasteiger partial charge in [0.1, 0.15) is 4.90 Å². The number of hydrogen-bond acceptors (Lipinski definition) is 5. The highest BCUT2D eigenvalue weighted by atomic mass is 32.2. The molecular formula is C19H27N3O4S. The molecule has 0 aliphatic carbocycles. The molecule has 0 radical (unpaired) electrons. The van der Waals surface area contributed by atoms with Crippen molar-refractivity contribution < 1.29 is 18.3 Å². The maximum atomic E-state index is 13.2. The van der Waals surface area contributed by atoms with Gasteiger partial charge in [-0.1, -0.05) is 44.2 Å². The van der Waals surface area contributed by atoms with E-state index in [0.29, 0.717) is 25.3 Å². The molecule has 1 aromatic heterocycles. The molecule has 7 nitrogen and oxygen atoms in total. The van der Waals surface area contributed by atoms with Gasteiger partial charge < -0.3 is 9.84 Å². The lowest BCUT2D eigenvalue weighted by Crippen LogP contribution is -2.37. The Hall–Kier alpha value is -1.74. The fraction of sp³-hybridized carbons (Fsp3) is 0.526. The van der Waals surface area contributed by atoms with E-state index in [1.165, 1.54) is 10.5 Å². The van der Waals surface area contributed by atoms with Gasteiger partial charge >= 0.3 is 0 Å². The van der Waals surface area contributed by atoms with Crippen LogP contribution in [0.3, 0.4) is 0 Å². The van der Waals surface area contributed by atoms with Crippen LogP contribution in [0.25, 0.3) is 0 Å².